The number of urea groups is 1. The Labute approximate surface area is 126 Å². The van der Waals surface area contributed by atoms with Gasteiger partial charge >= 0.3 is 12.2 Å². The second kappa shape index (κ2) is 6.97. The van der Waals surface area contributed by atoms with Gasteiger partial charge in [0.15, 0.2) is 0 Å². The number of carbonyl (C=O) groups excluding carboxylic acids is 1. The minimum atomic E-state index is -4.51. The molecule has 0 bridgehead atoms. The summed E-state index contributed by atoms with van der Waals surface area (Å²) in [5.74, 6) is 0. The molecule has 0 unspecified atom stereocenters. The lowest BCUT2D eigenvalue weighted by atomic mass is 10.2. The van der Waals surface area contributed by atoms with Crippen LogP contribution >= 0.6 is 0 Å². The highest BCUT2D eigenvalue weighted by molar-refractivity contribution is 7.89. The Balaban J connectivity index is 2.78. The van der Waals surface area contributed by atoms with Gasteiger partial charge in [-0.05, 0) is 11.6 Å². The highest BCUT2D eigenvalue weighted by Gasteiger charge is 2.27. The first-order valence-electron chi connectivity index (χ1n) is 6.13. The van der Waals surface area contributed by atoms with E-state index in [0.29, 0.717) is 0 Å². The van der Waals surface area contributed by atoms with Crippen LogP contribution in [0.2, 0.25) is 0 Å². The van der Waals surface area contributed by atoms with E-state index < -0.39 is 28.8 Å². The first kappa shape index (κ1) is 18.2. The average molecular weight is 339 g/mol. The van der Waals surface area contributed by atoms with Crippen LogP contribution in [-0.4, -0.2) is 45.6 Å². The van der Waals surface area contributed by atoms with E-state index in [4.69, 9.17) is 0 Å². The highest BCUT2D eigenvalue weighted by atomic mass is 32.2. The summed E-state index contributed by atoms with van der Waals surface area (Å²) >= 11 is 0. The van der Waals surface area contributed by atoms with Crippen LogP contribution in [0.1, 0.15) is 5.56 Å². The molecule has 0 aliphatic heterocycles. The van der Waals surface area contributed by atoms with Crippen LogP contribution in [0.5, 0.6) is 0 Å². The summed E-state index contributed by atoms with van der Waals surface area (Å²) in [6.07, 6.45) is -4.51. The molecular formula is C12H16F3N3O3S. The minimum absolute atomic E-state index is 0.0175. The van der Waals surface area contributed by atoms with E-state index in [1.165, 1.54) is 32.3 Å². The molecular weight excluding hydrogens is 323 g/mol. The summed E-state index contributed by atoms with van der Waals surface area (Å²) in [6, 6.07) is 4.89. The Kier molecular flexibility index (Phi) is 5.78. The molecule has 0 aliphatic rings. The van der Waals surface area contributed by atoms with Crippen molar-refractivity contribution in [2.75, 3.05) is 20.6 Å². The number of hydrogen-bond acceptors (Lipinski definition) is 3. The van der Waals surface area contributed by atoms with E-state index in [9.17, 15) is 26.4 Å². The Bertz CT molecular complexity index is 630. The molecule has 0 saturated heterocycles. The van der Waals surface area contributed by atoms with E-state index in [-0.39, 0.29) is 17.0 Å². The van der Waals surface area contributed by atoms with Crippen LogP contribution in [0.4, 0.5) is 18.0 Å². The smallest absolute Gasteiger partial charge is 0.334 e. The summed E-state index contributed by atoms with van der Waals surface area (Å²) < 4.78 is 61.1. The Morgan fingerprint density at radius 3 is 2.32 bits per heavy atom. The van der Waals surface area contributed by atoms with Crippen LogP contribution in [0.15, 0.2) is 29.2 Å². The molecule has 1 aromatic carbocycles. The maximum absolute atomic E-state index is 12.1. The molecule has 0 spiro atoms. The summed E-state index contributed by atoms with van der Waals surface area (Å²) in [5.41, 5.74) is 0.276. The SMILES string of the molecule is CN(C)S(=O)(=O)c1ccccc1CNC(=O)NCC(F)(F)F. The number of nitrogens with one attached hydrogen (secondary N) is 2. The number of alkyl halides is 3. The Hall–Kier alpha value is -1.81. The zero-order valence-corrected chi connectivity index (χ0v) is 12.8. The van der Waals surface area contributed by atoms with Crippen LogP contribution in [0.3, 0.4) is 0 Å². The number of hydrogen-bond donors (Lipinski definition) is 2. The lowest BCUT2D eigenvalue weighted by molar-refractivity contribution is -0.122. The van der Waals surface area contributed by atoms with Crippen LogP contribution in [-0.2, 0) is 16.6 Å². The van der Waals surface area contributed by atoms with Crippen molar-refractivity contribution in [3.05, 3.63) is 29.8 Å². The molecule has 0 atom stereocenters. The van der Waals surface area contributed by atoms with Crippen molar-refractivity contribution in [3.63, 3.8) is 0 Å². The van der Waals surface area contributed by atoms with E-state index in [0.717, 1.165) is 4.31 Å². The number of rotatable bonds is 5. The lowest BCUT2D eigenvalue weighted by Gasteiger charge is -2.15. The lowest BCUT2D eigenvalue weighted by Crippen LogP contribution is -2.40. The maximum atomic E-state index is 12.1. The molecule has 6 nitrogen and oxygen atoms in total. The number of sulfonamides is 1. The van der Waals surface area contributed by atoms with E-state index in [2.05, 4.69) is 5.32 Å². The number of halogens is 3. The molecule has 1 rings (SSSR count). The Morgan fingerprint density at radius 1 is 1.18 bits per heavy atom. The van der Waals surface area contributed by atoms with Gasteiger partial charge in [0.2, 0.25) is 10.0 Å². The largest absolute Gasteiger partial charge is 0.405 e. The first-order valence-corrected chi connectivity index (χ1v) is 7.57. The van der Waals surface area contributed by atoms with E-state index >= 15 is 0 Å². The van der Waals surface area contributed by atoms with Crippen molar-refractivity contribution >= 4 is 16.1 Å². The van der Waals surface area contributed by atoms with Crippen molar-refractivity contribution in [2.24, 2.45) is 0 Å². The third-order valence-electron chi connectivity index (χ3n) is 2.62. The van der Waals surface area contributed by atoms with Gasteiger partial charge in [-0.15, -0.1) is 0 Å². The summed E-state index contributed by atoms with van der Waals surface area (Å²) in [4.78, 5) is 11.3. The fraction of sp³-hybridized carbons (Fsp3) is 0.417. The molecule has 0 aliphatic carbocycles. The molecule has 2 amide bonds. The van der Waals surface area contributed by atoms with Crippen molar-refractivity contribution in [1.82, 2.24) is 14.9 Å². The number of benzene rings is 1. The first-order chi connectivity index (χ1) is 10.0. The number of amides is 2. The van der Waals surface area contributed by atoms with Gasteiger partial charge in [0.05, 0.1) is 4.90 Å². The molecule has 1 aromatic rings. The number of nitrogens with zero attached hydrogens (tertiary/aromatic N) is 1. The van der Waals surface area contributed by atoms with Crippen LogP contribution in [0.25, 0.3) is 0 Å². The van der Waals surface area contributed by atoms with Crippen molar-refractivity contribution in [2.45, 2.75) is 17.6 Å². The molecule has 2 N–H and O–H groups in total. The molecule has 124 valence electrons. The van der Waals surface area contributed by atoms with Gasteiger partial charge in [0.1, 0.15) is 6.54 Å². The van der Waals surface area contributed by atoms with Gasteiger partial charge < -0.3 is 10.6 Å². The van der Waals surface area contributed by atoms with Crippen molar-refractivity contribution < 1.29 is 26.4 Å². The molecule has 0 aromatic heterocycles. The second-order valence-electron chi connectivity index (χ2n) is 4.55. The van der Waals surface area contributed by atoms with Gasteiger partial charge in [-0.3, -0.25) is 0 Å². The molecule has 10 heteroatoms. The third kappa shape index (κ3) is 5.19. The zero-order chi connectivity index (χ0) is 17.0. The van der Waals surface area contributed by atoms with E-state index in [1.54, 1.807) is 11.4 Å². The van der Waals surface area contributed by atoms with Gasteiger partial charge in [0.25, 0.3) is 0 Å². The fourth-order valence-corrected chi connectivity index (χ4v) is 2.63. The monoisotopic (exact) mass is 339 g/mol. The average Bonchev–Trinajstić information content (AvgIpc) is 2.42. The third-order valence-corrected chi connectivity index (χ3v) is 4.54. The molecule has 22 heavy (non-hydrogen) atoms. The molecule has 0 heterocycles. The van der Waals surface area contributed by atoms with Crippen LogP contribution < -0.4 is 10.6 Å². The fourth-order valence-electron chi connectivity index (χ4n) is 1.52. The second-order valence-corrected chi connectivity index (χ2v) is 6.67. The summed E-state index contributed by atoms with van der Waals surface area (Å²) in [6.45, 7) is -1.68. The van der Waals surface area contributed by atoms with Crippen molar-refractivity contribution in [3.8, 4) is 0 Å². The van der Waals surface area contributed by atoms with Gasteiger partial charge in [-0.2, -0.15) is 13.2 Å². The molecule has 0 fully saturated rings. The summed E-state index contributed by atoms with van der Waals surface area (Å²) in [5, 5.41) is 3.83. The zero-order valence-electron chi connectivity index (χ0n) is 11.9. The minimum Gasteiger partial charge on any atom is -0.334 e. The van der Waals surface area contributed by atoms with Gasteiger partial charge in [0, 0.05) is 20.6 Å². The normalized spacial score (nSPS) is 12.3. The maximum Gasteiger partial charge on any atom is 0.405 e. The van der Waals surface area contributed by atoms with Crippen molar-refractivity contribution in [1.29, 1.82) is 0 Å². The molecule has 0 radical (unpaired) electrons. The molecule has 0 saturated carbocycles. The predicted octanol–water partition coefficient (Wildman–Crippen LogP) is 1.30. The van der Waals surface area contributed by atoms with Gasteiger partial charge in [-0.25, -0.2) is 17.5 Å². The highest BCUT2D eigenvalue weighted by Crippen LogP contribution is 2.18. The standard InChI is InChI=1S/C12H16F3N3O3S/c1-18(2)22(20,21)10-6-4-3-5-9(10)7-16-11(19)17-8-12(13,14)15/h3-6H,7-8H2,1-2H3,(H2,16,17,19). The van der Waals surface area contributed by atoms with E-state index in [1.807, 2.05) is 0 Å². The Morgan fingerprint density at radius 2 is 1.77 bits per heavy atom. The number of carbonyl (C=O) groups is 1. The van der Waals surface area contributed by atoms with Crippen LogP contribution in [0, 0.1) is 0 Å². The van der Waals surface area contributed by atoms with Gasteiger partial charge in [-0.1, -0.05) is 18.2 Å². The quantitative estimate of drug-likeness (QED) is 0.849. The predicted molar refractivity (Wildman–Crippen MR) is 73.6 cm³/mol. The topological polar surface area (TPSA) is 78.5 Å². The summed E-state index contributed by atoms with van der Waals surface area (Å²) in [7, 11) is -0.996.